The quantitative estimate of drug-likeness (QED) is 0.728. The molecule has 0 atom stereocenters. The van der Waals surface area contributed by atoms with E-state index < -0.39 is 0 Å². The summed E-state index contributed by atoms with van der Waals surface area (Å²) in [6, 6.07) is 0.458. The Bertz CT molecular complexity index is 220. The second kappa shape index (κ2) is 6.24. The molecule has 1 fully saturated rings. The molecule has 0 bridgehead atoms. The lowest BCUT2D eigenvalue weighted by molar-refractivity contribution is -0.121. The van der Waals surface area contributed by atoms with E-state index in [2.05, 4.69) is 31.4 Å². The van der Waals surface area contributed by atoms with Crippen LogP contribution < -0.4 is 10.6 Å². The maximum Gasteiger partial charge on any atom is 0.221 e. The Morgan fingerprint density at radius 2 is 1.94 bits per heavy atom. The van der Waals surface area contributed by atoms with Gasteiger partial charge in [-0.15, -0.1) is 0 Å². The van der Waals surface area contributed by atoms with Crippen LogP contribution in [0.3, 0.4) is 0 Å². The van der Waals surface area contributed by atoms with E-state index in [1.807, 2.05) is 0 Å². The molecule has 2 N–H and O–H groups in total. The molecule has 0 radical (unpaired) electrons. The van der Waals surface area contributed by atoms with E-state index in [9.17, 15) is 4.79 Å². The normalized spacial score (nSPS) is 19.0. The van der Waals surface area contributed by atoms with Gasteiger partial charge in [-0.2, -0.15) is 0 Å². The van der Waals surface area contributed by atoms with E-state index in [4.69, 9.17) is 0 Å². The minimum absolute atomic E-state index is 0.182. The SMILES string of the molecule is CC(C)NCCC(=O)NCC1(C)CCCC1. The van der Waals surface area contributed by atoms with Crippen LogP contribution in [-0.2, 0) is 4.79 Å². The Kier molecular flexibility index (Phi) is 5.26. The third-order valence-electron chi connectivity index (χ3n) is 3.43. The summed E-state index contributed by atoms with van der Waals surface area (Å²) in [7, 11) is 0. The molecule has 0 heterocycles. The summed E-state index contributed by atoms with van der Waals surface area (Å²) >= 11 is 0. The van der Waals surface area contributed by atoms with Gasteiger partial charge in [0.15, 0.2) is 0 Å². The first-order valence-electron chi connectivity index (χ1n) is 6.52. The van der Waals surface area contributed by atoms with Crippen LogP contribution in [0.1, 0.15) is 52.9 Å². The van der Waals surface area contributed by atoms with Crippen molar-refractivity contribution in [3.8, 4) is 0 Å². The molecule has 0 spiro atoms. The molecule has 16 heavy (non-hydrogen) atoms. The molecule has 0 unspecified atom stereocenters. The lowest BCUT2D eigenvalue weighted by Crippen LogP contribution is -2.36. The van der Waals surface area contributed by atoms with Crippen LogP contribution in [0.5, 0.6) is 0 Å². The summed E-state index contributed by atoms with van der Waals surface area (Å²) in [6.45, 7) is 8.11. The maximum atomic E-state index is 11.6. The molecule has 3 heteroatoms. The highest BCUT2D eigenvalue weighted by Gasteiger charge is 2.28. The molecule has 0 aromatic carbocycles. The average Bonchev–Trinajstić information content (AvgIpc) is 2.62. The molecule has 1 aliphatic carbocycles. The van der Waals surface area contributed by atoms with E-state index in [1.165, 1.54) is 25.7 Å². The molecular formula is C13H26N2O. The van der Waals surface area contributed by atoms with Crippen molar-refractivity contribution in [3.05, 3.63) is 0 Å². The van der Waals surface area contributed by atoms with Crippen LogP contribution in [0.15, 0.2) is 0 Å². The van der Waals surface area contributed by atoms with Gasteiger partial charge >= 0.3 is 0 Å². The van der Waals surface area contributed by atoms with E-state index in [0.29, 0.717) is 17.9 Å². The van der Waals surface area contributed by atoms with Gasteiger partial charge in [0, 0.05) is 25.6 Å². The number of nitrogens with one attached hydrogen (secondary N) is 2. The number of hydrogen-bond acceptors (Lipinski definition) is 2. The molecule has 0 aromatic heterocycles. The topological polar surface area (TPSA) is 41.1 Å². The van der Waals surface area contributed by atoms with Crippen LogP contribution in [0, 0.1) is 5.41 Å². The molecule has 94 valence electrons. The van der Waals surface area contributed by atoms with E-state index in [0.717, 1.165) is 13.1 Å². The first-order valence-corrected chi connectivity index (χ1v) is 6.52. The number of carbonyl (C=O) groups is 1. The van der Waals surface area contributed by atoms with E-state index in [-0.39, 0.29) is 5.91 Å². The van der Waals surface area contributed by atoms with Crippen molar-refractivity contribution in [1.29, 1.82) is 0 Å². The Morgan fingerprint density at radius 1 is 1.31 bits per heavy atom. The second-order valence-electron chi connectivity index (χ2n) is 5.65. The highest BCUT2D eigenvalue weighted by molar-refractivity contribution is 5.76. The summed E-state index contributed by atoms with van der Waals surface area (Å²) in [5, 5.41) is 6.31. The van der Waals surface area contributed by atoms with Crippen LogP contribution in [-0.4, -0.2) is 25.0 Å². The molecule has 0 saturated heterocycles. The van der Waals surface area contributed by atoms with E-state index in [1.54, 1.807) is 0 Å². The summed E-state index contributed by atoms with van der Waals surface area (Å²) < 4.78 is 0. The van der Waals surface area contributed by atoms with Crippen LogP contribution in [0.2, 0.25) is 0 Å². The zero-order valence-electron chi connectivity index (χ0n) is 10.9. The molecule has 0 aliphatic heterocycles. The first-order chi connectivity index (χ1) is 7.52. The lowest BCUT2D eigenvalue weighted by Gasteiger charge is -2.23. The molecule has 1 aliphatic rings. The fraction of sp³-hybridized carbons (Fsp3) is 0.923. The van der Waals surface area contributed by atoms with E-state index >= 15 is 0 Å². The maximum absolute atomic E-state index is 11.6. The Balaban J connectivity index is 2.10. The van der Waals surface area contributed by atoms with Crippen molar-refractivity contribution in [2.24, 2.45) is 5.41 Å². The van der Waals surface area contributed by atoms with Gasteiger partial charge in [0.05, 0.1) is 0 Å². The fourth-order valence-corrected chi connectivity index (χ4v) is 2.28. The zero-order chi connectivity index (χ0) is 12.0. The number of carbonyl (C=O) groups excluding carboxylic acids is 1. The van der Waals surface area contributed by atoms with Crippen molar-refractivity contribution in [1.82, 2.24) is 10.6 Å². The predicted octanol–water partition coefficient (Wildman–Crippen LogP) is 2.07. The van der Waals surface area contributed by atoms with Crippen LogP contribution in [0.4, 0.5) is 0 Å². The highest BCUT2D eigenvalue weighted by Crippen LogP contribution is 2.36. The zero-order valence-corrected chi connectivity index (χ0v) is 10.9. The first kappa shape index (κ1) is 13.5. The van der Waals surface area contributed by atoms with Crippen LogP contribution in [0.25, 0.3) is 0 Å². The predicted molar refractivity (Wildman–Crippen MR) is 67.3 cm³/mol. The highest BCUT2D eigenvalue weighted by atomic mass is 16.1. The van der Waals surface area contributed by atoms with Gasteiger partial charge in [-0.1, -0.05) is 33.6 Å². The summed E-state index contributed by atoms with van der Waals surface area (Å²) in [6.07, 6.45) is 5.76. The minimum Gasteiger partial charge on any atom is -0.356 e. The van der Waals surface area contributed by atoms with Gasteiger partial charge in [-0.25, -0.2) is 0 Å². The standard InChI is InChI=1S/C13H26N2O/c1-11(2)14-9-6-12(16)15-10-13(3)7-4-5-8-13/h11,14H,4-10H2,1-3H3,(H,15,16). The van der Waals surface area contributed by atoms with Gasteiger partial charge < -0.3 is 10.6 Å². The molecule has 1 amide bonds. The average molecular weight is 226 g/mol. The lowest BCUT2D eigenvalue weighted by atomic mass is 9.89. The Labute approximate surface area is 99.4 Å². The Morgan fingerprint density at radius 3 is 2.50 bits per heavy atom. The van der Waals surface area contributed by atoms with Crippen molar-refractivity contribution in [2.45, 2.75) is 58.9 Å². The molecule has 0 aromatic rings. The fourth-order valence-electron chi connectivity index (χ4n) is 2.28. The second-order valence-corrected chi connectivity index (χ2v) is 5.65. The van der Waals surface area contributed by atoms with Gasteiger partial charge in [-0.3, -0.25) is 4.79 Å². The van der Waals surface area contributed by atoms with Crippen molar-refractivity contribution in [3.63, 3.8) is 0 Å². The van der Waals surface area contributed by atoms with Crippen LogP contribution >= 0.6 is 0 Å². The molecule has 1 rings (SSSR count). The van der Waals surface area contributed by atoms with Gasteiger partial charge in [0.1, 0.15) is 0 Å². The molecule has 1 saturated carbocycles. The van der Waals surface area contributed by atoms with Gasteiger partial charge in [-0.05, 0) is 18.3 Å². The molecule has 3 nitrogen and oxygen atoms in total. The largest absolute Gasteiger partial charge is 0.356 e. The van der Waals surface area contributed by atoms with Crippen molar-refractivity contribution >= 4 is 5.91 Å². The summed E-state index contributed by atoms with van der Waals surface area (Å²) in [5.41, 5.74) is 0.362. The molecular weight excluding hydrogens is 200 g/mol. The number of amides is 1. The van der Waals surface area contributed by atoms with Gasteiger partial charge in [0.2, 0.25) is 5.91 Å². The number of rotatable bonds is 6. The smallest absolute Gasteiger partial charge is 0.221 e. The number of hydrogen-bond donors (Lipinski definition) is 2. The Hall–Kier alpha value is -0.570. The summed E-state index contributed by atoms with van der Waals surface area (Å²) in [5.74, 6) is 0.182. The third kappa shape index (κ3) is 4.97. The van der Waals surface area contributed by atoms with Crippen molar-refractivity contribution < 1.29 is 4.79 Å². The monoisotopic (exact) mass is 226 g/mol. The minimum atomic E-state index is 0.182. The third-order valence-corrected chi connectivity index (χ3v) is 3.43. The van der Waals surface area contributed by atoms with Gasteiger partial charge in [0.25, 0.3) is 0 Å². The summed E-state index contributed by atoms with van der Waals surface area (Å²) in [4.78, 5) is 11.6. The van der Waals surface area contributed by atoms with Crippen molar-refractivity contribution in [2.75, 3.05) is 13.1 Å².